The van der Waals surface area contributed by atoms with Gasteiger partial charge in [-0.2, -0.15) is 5.26 Å². The zero-order valence-corrected chi connectivity index (χ0v) is 14.6. The van der Waals surface area contributed by atoms with Crippen LogP contribution < -0.4 is 5.32 Å². The van der Waals surface area contributed by atoms with Crippen LogP contribution in [0.3, 0.4) is 0 Å². The van der Waals surface area contributed by atoms with Gasteiger partial charge in [0.05, 0.1) is 6.07 Å². The van der Waals surface area contributed by atoms with Gasteiger partial charge in [-0.25, -0.2) is 0 Å². The summed E-state index contributed by atoms with van der Waals surface area (Å²) in [5.41, 5.74) is 2.76. The number of aryl methyl sites for hydroxylation is 2. The Hall–Kier alpha value is -3.45. The molecular weight excluding hydrogens is 324 g/mol. The number of ketones is 1. The molecule has 0 saturated heterocycles. The van der Waals surface area contributed by atoms with Crippen LogP contribution in [0.2, 0.25) is 0 Å². The van der Waals surface area contributed by atoms with Gasteiger partial charge in [-0.15, -0.1) is 0 Å². The molecule has 26 heavy (non-hydrogen) atoms. The van der Waals surface area contributed by atoms with E-state index in [0.29, 0.717) is 11.3 Å². The minimum atomic E-state index is -1.39. The van der Waals surface area contributed by atoms with Crippen LogP contribution in [0.15, 0.2) is 60.7 Å². The fourth-order valence-corrected chi connectivity index (χ4v) is 3.02. The number of benzene rings is 3. The Morgan fingerprint density at radius 1 is 1.00 bits per heavy atom. The lowest BCUT2D eigenvalue weighted by molar-refractivity contribution is -0.117. The fraction of sp³-hybridized carbons (Fsp3) is 0.136. The van der Waals surface area contributed by atoms with E-state index in [-0.39, 0.29) is 0 Å². The van der Waals surface area contributed by atoms with Gasteiger partial charge >= 0.3 is 0 Å². The van der Waals surface area contributed by atoms with Gasteiger partial charge in [0.2, 0.25) is 5.91 Å². The Kier molecular flexibility index (Phi) is 4.81. The summed E-state index contributed by atoms with van der Waals surface area (Å²) in [7, 11) is 0. The smallest absolute Gasteiger partial charge is 0.249 e. The molecule has 3 aromatic carbocycles. The lowest BCUT2D eigenvalue weighted by Crippen LogP contribution is -2.29. The number of carbonyl (C=O) groups is 2. The first-order valence-electron chi connectivity index (χ1n) is 8.31. The van der Waals surface area contributed by atoms with Gasteiger partial charge in [-0.05, 0) is 30.9 Å². The molecule has 1 atom stereocenters. The molecule has 4 nitrogen and oxygen atoms in total. The highest BCUT2D eigenvalue weighted by atomic mass is 16.2. The zero-order chi connectivity index (χ0) is 18.7. The number of Topliss-reactive ketones (excluding diaryl/α,β-unsaturated/α-hetero) is 1. The molecule has 1 N–H and O–H groups in total. The van der Waals surface area contributed by atoms with E-state index in [1.54, 1.807) is 25.1 Å². The van der Waals surface area contributed by atoms with Gasteiger partial charge in [0.1, 0.15) is 0 Å². The molecule has 0 aliphatic rings. The largest absolute Gasteiger partial charge is 0.324 e. The number of nitriles is 1. The maximum Gasteiger partial charge on any atom is 0.249 e. The third-order valence-corrected chi connectivity index (χ3v) is 4.35. The summed E-state index contributed by atoms with van der Waals surface area (Å²) >= 11 is 0. The van der Waals surface area contributed by atoms with Crippen LogP contribution in [-0.2, 0) is 4.79 Å². The second kappa shape index (κ2) is 7.20. The van der Waals surface area contributed by atoms with Crippen LogP contribution in [0.25, 0.3) is 10.8 Å². The number of carbonyl (C=O) groups excluding carboxylic acids is 2. The van der Waals surface area contributed by atoms with Crippen LogP contribution in [-0.4, -0.2) is 11.7 Å². The highest BCUT2D eigenvalue weighted by Gasteiger charge is 2.28. The highest BCUT2D eigenvalue weighted by Crippen LogP contribution is 2.24. The predicted molar refractivity (Wildman–Crippen MR) is 102 cm³/mol. The molecule has 1 amide bonds. The van der Waals surface area contributed by atoms with Gasteiger partial charge < -0.3 is 5.32 Å². The molecule has 0 radical (unpaired) electrons. The van der Waals surface area contributed by atoms with Crippen molar-refractivity contribution < 1.29 is 9.59 Å². The first-order chi connectivity index (χ1) is 12.5. The normalized spacial score (nSPS) is 11.6. The topological polar surface area (TPSA) is 70.0 Å². The van der Waals surface area contributed by atoms with E-state index in [9.17, 15) is 14.9 Å². The van der Waals surface area contributed by atoms with Crippen molar-refractivity contribution in [1.29, 1.82) is 5.26 Å². The van der Waals surface area contributed by atoms with E-state index >= 15 is 0 Å². The molecule has 128 valence electrons. The van der Waals surface area contributed by atoms with Crippen molar-refractivity contribution in [3.8, 4) is 6.07 Å². The summed E-state index contributed by atoms with van der Waals surface area (Å²) in [4.78, 5) is 25.3. The summed E-state index contributed by atoms with van der Waals surface area (Å²) in [6.45, 7) is 3.73. The van der Waals surface area contributed by atoms with Crippen LogP contribution in [0, 0.1) is 31.1 Å². The number of nitrogens with zero attached hydrogens (tertiary/aromatic N) is 1. The Labute approximate surface area is 152 Å². The van der Waals surface area contributed by atoms with E-state index in [2.05, 4.69) is 5.32 Å². The quantitative estimate of drug-likeness (QED) is 0.564. The van der Waals surface area contributed by atoms with Crippen LogP contribution in [0.5, 0.6) is 0 Å². The molecule has 3 aromatic rings. The number of hydrogen-bond acceptors (Lipinski definition) is 3. The average Bonchev–Trinajstić information content (AvgIpc) is 2.62. The lowest BCUT2D eigenvalue weighted by atomic mass is 9.93. The van der Waals surface area contributed by atoms with Gasteiger partial charge in [-0.3, -0.25) is 9.59 Å². The van der Waals surface area contributed by atoms with Crippen LogP contribution in [0.1, 0.15) is 21.5 Å². The summed E-state index contributed by atoms with van der Waals surface area (Å²) in [5.74, 6) is -2.49. The summed E-state index contributed by atoms with van der Waals surface area (Å²) in [5, 5.41) is 14.0. The molecule has 0 heterocycles. The van der Waals surface area contributed by atoms with Crippen molar-refractivity contribution in [1.82, 2.24) is 0 Å². The average molecular weight is 342 g/mol. The maximum absolute atomic E-state index is 12.7. The molecule has 0 fully saturated rings. The first-order valence-corrected chi connectivity index (χ1v) is 8.31. The monoisotopic (exact) mass is 342 g/mol. The standard InChI is InChI=1S/C22H18N2O2/c1-14-10-11-17(15(2)12-14)21(25)19(13-23)22(26)24-20-9-5-7-16-6-3-4-8-18(16)20/h3-12,19H,1-2H3,(H,24,26). The van der Waals surface area contributed by atoms with Crippen molar-refractivity contribution >= 4 is 28.2 Å². The van der Waals surface area contributed by atoms with Crippen molar-refractivity contribution in [3.63, 3.8) is 0 Å². The summed E-state index contributed by atoms with van der Waals surface area (Å²) in [6, 6.07) is 20.3. The first kappa shape index (κ1) is 17.4. The molecular formula is C22H18N2O2. The van der Waals surface area contributed by atoms with E-state index in [1.165, 1.54) is 0 Å². The van der Waals surface area contributed by atoms with Crippen LogP contribution in [0.4, 0.5) is 5.69 Å². The number of anilines is 1. The zero-order valence-electron chi connectivity index (χ0n) is 14.6. The summed E-state index contributed by atoms with van der Waals surface area (Å²) in [6.07, 6.45) is 0. The van der Waals surface area contributed by atoms with Gasteiger partial charge in [0, 0.05) is 16.6 Å². The van der Waals surface area contributed by atoms with E-state index in [0.717, 1.165) is 21.9 Å². The van der Waals surface area contributed by atoms with E-state index < -0.39 is 17.6 Å². The molecule has 0 bridgehead atoms. The maximum atomic E-state index is 12.7. The van der Waals surface area contributed by atoms with Crippen molar-refractivity contribution in [2.45, 2.75) is 13.8 Å². The van der Waals surface area contributed by atoms with Crippen LogP contribution >= 0.6 is 0 Å². The molecule has 0 aliphatic carbocycles. The van der Waals surface area contributed by atoms with Crippen molar-refractivity contribution in [2.75, 3.05) is 5.32 Å². The molecule has 3 rings (SSSR count). The number of rotatable bonds is 4. The Morgan fingerprint density at radius 2 is 1.73 bits per heavy atom. The second-order valence-corrected chi connectivity index (χ2v) is 6.26. The third-order valence-electron chi connectivity index (χ3n) is 4.35. The number of hydrogen-bond donors (Lipinski definition) is 1. The molecule has 0 spiro atoms. The van der Waals surface area contributed by atoms with E-state index in [4.69, 9.17) is 0 Å². The minimum absolute atomic E-state index is 0.398. The second-order valence-electron chi connectivity index (χ2n) is 6.26. The molecule has 0 saturated carbocycles. The molecule has 0 aromatic heterocycles. The van der Waals surface area contributed by atoms with Crippen molar-refractivity contribution in [2.24, 2.45) is 5.92 Å². The lowest BCUT2D eigenvalue weighted by Gasteiger charge is -2.13. The Morgan fingerprint density at radius 3 is 2.46 bits per heavy atom. The predicted octanol–water partition coefficient (Wildman–Crippen LogP) is 4.42. The van der Waals surface area contributed by atoms with Gasteiger partial charge in [-0.1, -0.05) is 60.2 Å². The van der Waals surface area contributed by atoms with Gasteiger partial charge in [0.15, 0.2) is 11.7 Å². The number of amides is 1. The van der Waals surface area contributed by atoms with Gasteiger partial charge in [0.25, 0.3) is 0 Å². The minimum Gasteiger partial charge on any atom is -0.324 e. The molecule has 1 unspecified atom stereocenters. The Bertz CT molecular complexity index is 1040. The molecule has 0 aliphatic heterocycles. The van der Waals surface area contributed by atoms with E-state index in [1.807, 2.05) is 55.5 Å². The number of nitrogens with one attached hydrogen (secondary N) is 1. The number of fused-ring (bicyclic) bond motifs is 1. The summed E-state index contributed by atoms with van der Waals surface area (Å²) < 4.78 is 0. The van der Waals surface area contributed by atoms with Crippen molar-refractivity contribution in [3.05, 3.63) is 77.4 Å². The third kappa shape index (κ3) is 3.33. The Balaban J connectivity index is 1.89. The highest BCUT2D eigenvalue weighted by molar-refractivity contribution is 6.17. The SMILES string of the molecule is Cc1ccc(C(=O)C(C#N)C(=O)Nc2cccc3ccccc23)c(C)c1. The molecule has 4 heteroatoms. The fourth-order valence-electron chi connectivity index (χ4n) is 3.02.